The van der Waals surface area contributed by atoms with Crippen LogP contribution in [0.3, 0.4) is 0 Å². The summed E-state index contributed by atoms with van der Waals surface area (Å²) in [5.74, 6) is -0.441. The molecular formula is C23H32N4O5S. The Kier molecular flexibility index (Phi) is 8.79. The number of carbonyl (C=O) groups excluding carboxylic acids is 1. The first-order chi connectivity index (χ1) is 15.9. The van der Waals surface area contributed by atoms with Crippen molar-refractivity contribution in [3.63, 3.8) is 0 Å². The number of sulfonamides is 1. The van der Waals surface area contributed by atoms with Gasteiger partial charge in [0.25, 0.3) is 0 Å². The summed E-state index contributed by atoms with van der Waals surface area (Å²) in [6.45, 7) is 8.48. The van der Waals surface area contributed by atoms with Gasteiger partial charge in [-0.05, 0) is 30.3 Å². The summed E-state index contributed by atoms with van der Waals surface area (Å²) >= 11 is 0. The minimum Gasteiger partial charge on any atom is -0.465 e. The van der Waals surface area contributed by atoms with Crippen LogP contribution in [0, 0.1) is 0 Å². The molecule has 9 nitrogen and oxygen atoms in total. The van der Waals surface area contributed by atoms with E-state index in [1.54, 1.807) is 0 Å². The number of morpholine rings is 1. The maximum atomic E-state index is 13.4. The Balaban J connectivity index is 1.91. The summed E-state index contributed by atoms with van der Waals surface area (Å²) in [5.41, 5.74) is 2.30. The highest BCUT2D eigenvalue weighted by molar-refractivity contribution is 7.89. The van der Waals surface area contributed by atoms with Crippen molar-refractivity contribution in [3.8, 4) is 0 Å². The lowest BCUT2D eigenvalue weighted by molar-refractivity contribution is 0.0600. The van der Waals surface area contributed by atoms with E-state index in [4.69, 9.17) is 9.47 Å². The smallest absolute Gasteiger partial charge is 0.339 e. The molecule has 0 aliphatic carbocycles. The first-order valence-electron chi connectivity index (χ1n) is 11.1. The van der Waals surface area contributed by atoms with E-state index in [1.807, 2.05) is 18.2 Å². The van der Waals surface area contributed by atoms with Crippen molar-refractivity contribution < 1.29 is 22.7 Å². The van der Waals surface area contributed by atoms with Crippen molar-refractivity contribution in [1.29, 1.82) is 0 Å². The van der Waals surface area contributed by atoms with Crippen LogP contribution in [0.5, 0.6) is 0 Å². The summed E-state index contributed by atoms with van der Waals surface area (Å²) in [6, 6.07) is 9.38. The van der Waals surface area contributed by atoms with E-state index >= 15 is 0 Å². The van der Waals surface area contributed by atoms with Gasteiger partial charge in [-0.25, -0.2) is 18.2 Å². The average molecular weight is 477 g/mol. The third-order valence-electron chi connectivity index (χ3n) is 5.71. The highest BCUT2D eigenvalue weighted by Gasteiger charge is 2.30. The van der Waals surface area contributed by atoms with E-state index in [-0.39, 0.29) is 29.4 Å². The molecule has 2 heterocycles. The lowest BCUT2D eigenvalue weighted by Gasteiger charge is -2.27. The quantitative estimate of drug-likeness (QED) is 0.522. The molecule has 0 saturated carbocycles. The molecule has 3 rings (SSSR count). The summed E-state index contributed by atoms with van der Waals surface area (Å²) < 4.78 is 38.2. The third kappa shape index (κ3) is 6.08. The summed E-state index contributed by atoms with van der Waals surface area (Å²) in [7, 11) is -2.64. The minimum absolute atomic E-state index is 0.0477. The van der Waals surface area contributed by atoms with Gasteiger partial charge in [-0.1, -0.05) is 38.1 Å². The van der Waals surface area contributed by atoms with Crippen molar-refractivity contribution >= 4 is 21.8 Å². The highest BCUT2D eigenvalue weighted by Crippen LogP contribution is 2.26. The lowest BCUT2D eigenvalue weighted by atomic mass is 10.1. The van der Waals surface area contributed by atoms with Crippen LogP contribution in [-0.4, -0.2) is 75.1 Å². The number of nitrogens with zero attached hydrogens (tertiary/aromatic N) is 3. The highest BCUT2D eigenvalue weighted by atomic mass is 32.2. The van der Waals surface area contributed by atoms with E-state index in [0.717, 1.165) is 30.8 Å². The van der Waals surface area contributed by atoms with Crippen molar-refractivity contribution in [2.45, 2.75) is 31.8 Å². The molecule has 10 heteroatoms. The molecule has 0 amide bonds. The number of aromatic nitrogens is 1. The lowest BCUT2D eigenvalue weighted by Crippen LogP contribution is -2.41. The van der Waals surface area contributed by atoms with Crippen LogP contribution in [0.4, 0.5) is 5.82 Å². The van der Waals surface area contributed by atoms with E-state index in [0.29, 0.717) is 19.8 Å². The molecule has 2 aromatic rings. The first kappa shape index (κ1) is 25.1. The second kappa shape index (κ2) is 11.6. The van der Waals surface area contributed by atoms with Gasteiger partial charge in [0.05, 0.1) is 25.9 Å². The summed E-state index contributed by atoms with van der Waals surface area (Å²) in [5, 5.41) is 3.19. The molecule has 1 saturated heterocycles. The van der Waals surface area contributed by atoms with Gasteiger partial charge < -0.3 is 14.8 Å². The number of nitrogens with one attached hydrogen (secondary N) is 1. The molecular weight excluding hydrogens is 444 g/mol. The van der Waals surface area contributed by atoms with E-state index in [9.17, 15) is 13.2 Å². The Morgan fingerprint density at radius 1 is 1.18 bits per heavy atom. The number of hydrogen-bond donors (Lipinski definition) is 1. The fourth-order valence-electron chi connectivity index (χ4n) is 3.68. The molecule has 1 aliphatic rings. The molecule has 0 radical (unpaired) electrons. The first-order valence-corrected chi connectivity index (χ1v) is 12.5. The molecule has 1 N–H and O–H groups in total. The minimum atomic E-state index is -3.89. The van der Waals surface area contributed by atoms with Crippen LogP contribution in [0.1, 0.15) is 35.3 Å². The number of carbonyl (C=O) groups is 1. The van der Waals surface area contributed by atoms with Crippen LogP contribution in [-0.2, 0) is 32.6 Å². The van der Waals surface area contributed by atoms with E-state index < -0.39 is 16.0 Å². The number of rotatable bonds is 10. The molecule has 1 aromatic heterocycles. The second-order valence-corrected chi connectivity index (χ2v) is 9.57. The largest absolute Gasteiger partial charge is 0.465 e. The van der Waals surface area contributed by atoms with Crippen LogP contribution in [0.2, 0.25) is 0 Å². The van der Waals surface area contributed by atoms with Crippen LogP contribution in [0.25, 0.3) is 0 Å². The van der Waals surface area contributed by atoms with Gasteiger partial charge in [0.1, 0.15) is 10.7 Å². The van der Waals surface area contributed by atoms with Crippen LogP contribution in [0.15, 0.2) is 41.4 Å². The monoisotopic (exact) mass is 476 g/mol. The molecule has 0 atom stereocenters. The molecule has 1 aliphatic heterocycles. The van der Waals surface area contributed by atoms with Gasteiger partial charge in [-0.3, -0.25) is 4.90 Å². The van der Waals surface area contributed by atoms with Crippen LogP contribution >= 0.6 is 0 Å². The predicted octanol–water partition coefficient (Wildman–Crippen LogP) is 2.34. The molecule has 0 bridgehead atoms. The molecule has 0 spiro atoms. The SMILES string of the molecule is CCN(CC)Cc1ccccc1CNc1ncc(C(=O)OC)cc1S(=O)(=O)N1CCOCC1. The number of anilines is 1. The number of pyridine rings is 1. The number of esters is 1. The predicted molar refractivity (Wildman–Crippen MR) is 126 cm³/mol. The fourth-order valence-corrected chi connectivity index (χ4v) is 5.23. The average Bonchev–Trinajstić information content (AvgIpc) is 2.86. The fraction of sp³-hybridized carbons (Fsp3) is 0.478. The molecule has 1 aromatic carbocycles. The number of benzene rings is 1. The number of hydrogen-bond acceptors (Lipinski definition) is 8. The van der Waals surface area contributed by atoms with E-state index in [1.165, 1.54) is 23.7 Å². The molecule has 0 unspecified atom stereocenters. The maximum Gasteiger partial charge on any atom is 0.339 e. The normalized spacial score (nSPS) is 14.9. The van der Waals surface area contributed by atoms with Gasteiger partial charge in [0, 0.05) is 32.4 Å². The zero-order valence-corrected chi connectivity index (χ0v) is 20.2. The molecule has 33 heavy (non-hydrogen) atoms. The van der Waals surface area contributed by atoms with Crippen molar-refractivity contribution in [1.82, 2.24) is 14.2 Å². The third-order valence-corrected chi connectivity index (χ3v) is 7.63. The zero-order chi connectivity index (χ0) is 23.8. The standard InChI is InChI=1S/C23H32N4O5S/c1-4-26(5-2)17-19-9-7-6-8-18(19)15-24-22-21(14-20(16-25-22)23(28)31-3)33(29,30)27-10-12-32-13-11-27/h6-9,14,16H,4-5,10-13,15,17H2,1-3H3,(H,24,25). The van der Waals surface area contributed by atoms with Gasteiger partial charge in [-0.2, -0.15) is 4.31 Å². The Hall–Kier alpha value is -2.53. The summed E-state index contributed by atoms with van der Waals surface area (Å²) in [4.78, 5) is 18.6. The van der Waals surface area contributed by atoms with Crippen molar-refractivity contribution in [2.75, 3.05) is 51.8 Å². The van der Waals surface area contributed by atoms with Crippen molar-refractivity contribution in [2.24, 2.45) is 0 Å². The Bertz CT molecular complexity index is 1050. The Morgan fingerprint density at radius 2 is 1.85 bits per heavy atom. The zero-order valence-electron chi connectivity index (χ0n) is 19.4. The van der Waals surface area contributed by atoms with Crippen molar-refractivity contribution in [3.05, 3.63) is 53.2 Å². The molecule has 180 valence electrons. The van der Waals surface area contributed by atoms with Gasteiger partial charge in [0.2, 0.25) is 10.0 Å². The Labute approximate surface area is 195 Å². The number of ether oxygens (including phenoxy) is 2. The Morgan fingerprint density at radius 3 is 2.48 bits per heavy atom. The number of methoxy groups -OCH3 is 1. The maximum absolute atomic E-state index is 13.4. The van der Waals surface area contributed by atoms with Gasteiger partial charge in [-0.15, -0.1) is 0 Å². The van der Waals surface area contributed by atoms with E-state index in [2.05, 4.69) is 35.1 Å². The van der Waals surface area contributed by atoms with Gasteiger partial charge in [0.15, 0.2) is 0 Å². The molecule has 1 fully saturated rings. The van der Waals surface area contributed by atoms with Gasteiger partial charge >= 0.3 is 5.97 Å². The summed E-state index contributed by atoms with van der Waals surface area (Å²) in [6.07, 6.45) is 1.33. The second-order valence-electron chi connectivity index (χ2n) is 7.66. The topological polar surface area (TPSA) is 101 Å². The van der Waals surface area contributed by atoms with Crippen LogP contribution < -0.4 is 5.32 Å².